The molecule has 1 aliphatic carbocycles. The minimum atomic E-state index is -4.78. The predicted octanol–water partition coefficient (Wildman–Crippen LogP) is -2.29. The zero-order chi connectivity index (χ0) is 33.3. The quantitative estimate of drug-likeness (QED) is 0.109. The summed E-state index contributed by atoms with van der Waals surface area (Å²) in [7, 11) is -3.42. The molecule has 0 spiro atoms. The van der Waals surface area contributed by atoms with Crippen LogP contribution in [-0.2, 0) is 32.9 Å². The number of nitrogens with two attached hydrogens (primary N) is 3. The topological polar surface area (TPSA) is 303 Å². The number of aromatic nitrogens is 4. The lowest BCUT2D eigenvalue weighted by Gasteiger charge is -2.42. The number of aliphatic hydroxyl groups is 1. The molecule has 2 aromatic heterocycles. The summed E-state index contributed by atoms with van der Waals surface area (Å²) in [5, 5.41) is 13.7. The zero-order valence-electron chi connectivity index (χ0n) is 24.5. The largest absolute Gasteiger partial charge is 0.469 e. The number of phosphoric ester groups is 1. The van der Waals surface area contributed by atoms with Gasteiger partial charge in [0, 0.05) is 37.3 Å². The number of nitrogens with zero attached hydrogens (tertiary/aromatic N) is 5. The van der Waals surface area contributed by atoms with Gasteiger partial charge in [-0.3, -0.25) is 18.7 Å². The molecule has 2 saturated heterocycles. The number of ether oxygens (including phenoxy) is 3. The second kappa shape index (κ2) is 11.4. The maximum Gasteiger partial charge on any atom is 0.469 e. The number of amides is 1. The number of fused-ring (bicyclic) bond motifs is 3. The Kier molecular flexibility index (Phi) is 7.88. The molecule has 0 aromatic carbocycles. The molecular formula is C25H32N9O11P. The lowest BCUT2D eigenvalue weighted by Crippen LogP contribution is -2.60. The highest BCUT2D eigenvalue weighted by atomic mass is 31.2. The van der Waals surface area contributed by atoms with E-state index in [1.807, 2.05) is 0 Å². The van der Waals surface area contributed by atoms with Gasteiger partial charge in [0.1, 0.15) is 25.3 Å². The molecule has 0 radical (unpaired) electrons. The molecule has 7 atom stereocenters. The number of hydrogen-bond acceptors (Lipinski definition) is 16. The van der Waals surface area contributed by atoms with Gasteiger partial charge >= 0.3 is 13.9 Å². The van der Waals surface area contributed by atoms with E-state index in [1.54, 1.807) is 4.90 Å². The van der Waals surface area contributed by atoms with Crippen molar-refractivity contribution in [2.45, 2.75) is 49.6 Å². The van der Waals surface area contributed by atoms with Gasteiger partial charge in [-0.1, -0.05) is 0 Å². The molecule has 6 rings (SSSR count). The van der Waals surface area contributed by atoms with Crippen LogP contribution in [0.3, 0.4) is 0 Å². The highest BCUT2D eigenvalue weighted by molar-refractivity contribution is 7.46. The van der Waals surface area contributed by atoms with Crippen molar-refractivity contribution in [1.29, 1.82) is 0 Å². The number of aliphatic hydroxyl groups excluding tert-OH is 1. The van der Waals surface area contributed by atoms with Gasteiger partial charge in [0.05, 0.1) is 42.4 Å². The minimum Gasteiger partial charge on any atom is -0.449 e. The lowest BCUT2D eigenvalue weighted by atomic mass is 9.80. The van der Waals surface area contributed by atoms with Gasteiger partial charge in [0.25, 0.3) is 0 Å². The minimum absolute atomic E-state index is 0.0150. The van der Waals surface area contributed by atoms with Crippen molar-refractivity contribution in [3.05, 3.63) is 35.2 Å². The Labute approximate surface area is 259 Å². The molecule has 21 heteroatoms. The fourth-order valence-corrected chi connectivity index (χ4v) is 7.07. The third-order valence-corrected chi connectivity index (χ3v) is 9.29. The molecule has 1 amide bonds. The van der Waals surface area contributed by atoms with Gasteiger partial charge in [-0.25, -0.2) is 24.3 Å². The summed E-state index contributed by atoms with van der Waals surface area (Å²) >= 11 is 0. The summed E-state index contributed by atoms with van der Waals surface area (Å²) in [5.74, 6) is -1.96. The Bertz CT molecular complexity index is 1740. The van der Waals surface area contributed by atoms with Gasteiger partial charge in [0.15, 0.2) is 22.7 Å². The predicted molar refractivity (Wildman–Crippen MR) is 153 cm³/mol. The normalized spacial score (nSPS) is 31.2. The molecule has 46 heavy (non-hydrogen) atoms. The Hall–Kier alpha value is -4.01. The van der Waals surface area contributed by atoms with E-state index in [-0.39, 0.29) is 52.5 Å². The molecule has 0 unspecified atom stereocenters. The second-order valence-corrected chi connectivity index (χ2v) is 12.5. The number of Topliss-reactive ketones (excluding diaryl/α,β-unsaturated/α-hetero) is 2. The Morgan fingerprint density at radius 2 is 1.98 bits per heavy atom. The number of carbonyl (C=O) groups excluding carboxylic acids is 3. The Balaban J connectivity index is 1.34. The van der Waals surface area contributed by atoms with E-state index in [0.717, 1.165) is 0 Å². The van der Waals surface area contributed by atoms with Crippen LogP contribution in [0.4, 0.5) is 10.6 Å². The molecule has 5 heterocycles. The molecule has 10 N–H and O–H groups in total. The maximum absolute atomic E-state index is 13.5. The number of phosphoric acid groups is 1. The molecule has 0 bridgehead atoms. The van der Waals surface area contributed by atoms with Crippen molar-refractivity contribution in [3.63, 3.8) is 0 Å². The summed E-state index contributed by atoms with van der Waals surface area (Å²) in [5.41, 5.74) is 16.8. The monoisotopic (exact) mass is 665 g/mol. The third-order valence-electron chi connectivity index (χ3n) is 8.80. The van der Waals surface area contributed by atoms with Crippen molar-refractivity contribution < 1.29 is 52.6 Å². The summed E-state index contributed by atoms with van der Waals surface area (Å²) in [6.45, 7) is 0.519. The summed E-state index contributed by atoms with van der Waals surface area (Å²) in [4.78, 5) is 71.4. The number of primary amides is 1. The van der Waals surface area contributed by atoms with E-state index >= 15 is 0 Å². The molecule has 20 nitrogen and oxygen atoms in total. The number of ketones is 2. The van der Waals surface area contributed by atoms with Crippen LogP contribution in [0.15, 0.2) is 35.2 Å². The van der Waals surface area contributed by atoms with Crippen molar-refractivity contribution in [2.24, 2.45) is 23.1 Å². The van der Waals surface area contributed by atoms with E-state index < -0.39 is 80.9 Å². The maximum atomic E-state index is 13.5. The number of anilines is 1. The van der Waals surface area contributed by atoms with Gasteiger partial charge in [-0.15, -0.1) is 0 Å². The summed E-state index contributed by atoms with van der Waals surface area (Å²) < 4.78 is 34.2. The molecule has 248 valence electrons. The van der Waals surface area contributed by atoms with Crippen LogP contribution < -0.4 is 22.5 Å². The number of allylic oxidation sites excluding steroid dienone is 2. The van der Waals surface area contributed by atoms with Crippen LogP contribution in [-0.4, -0.2) is 114 Å². The van der Waals surface area contributed by atoms with Crippen molar-refractivity contribution in [3.8, 4) is 0 Å². The smallest absolute Gasteiger partial charge is 0.449 e. The van der Waals surface area contributed by atoms with Crippen molar-refractivity contribution in [1.82, 2.24) is 24.4 Å². The highest BCUT2D eigenvalue weighted by Crippen LogP contribution is 2.52. The number of methoxy groups -OCH3 is 1. The van der Waals surface area contributed by atoms with Gasteiger partial charge < -0.3 is 56.5 Å². The number of rotatable bonds is 9. The number of imidazole rings is 1. The van der Waals surface area contributed by atoms with E-state index in [9.17, 15) is 24.1 Å². The second-order valence-electron chi connectivity index (χ2n) is 11.3. The SMILES string of the molecule is CO[C@]12[C@@H](COC(N)=O)C3=C(C(=O)C(C)=C(N)C3=O)N1C[C@@H](N)[C@@H]2Nc1ncnc2c1ncn2[C@H]1C[C@H](O)[C@@H](COP(=O)(O)O)O1. The summed E-state index contributed by atoms with van der Waals surface area (Å²) in [6, 6.07) is -1.62. The van der Waals surface area contributed by atoms with E-state index in [1.165, 1.54) is 31.3 Å². The van der Waals surface area contributed by atoms with Crippen LogP contribution in [0.2, 0.25) is 0 Å². The molecule has 4 aliphatic rings. The fraction of sp³-hybridized carbons (Fsp3) is 0.520. The average molecular weight is 666 g/mol. The number of nitrogens with one attached hydrogen (secondary N) is 1. The molecular weight excluding hydrogens is 633 g/mol. The van der Waals surface area contributed by atoms with Crippen molar-refractivity contribution in [2.75, 3.05) is 32.2 Å². The molecule has 2 fully saturated rings. The third kappa shape index (κ3) is 4.94. The van der Waals surface area contributed by atoms with Crippen LogP contribution in [0.5, 0.6) is 0 Å². The molecule has 2 aromatic rings. The average Bonchev–Trinajstić information content (AvgIpc) is 3.73. The van der Waals surface area contributed by atoms with Gasteiger partial charge in [0.2, 0.25) is 11.6 Å². The fourth-order valence-electron chi connectivity index (χ4n) is 6.73. The number of hydrogen-bond donors (Lipinski definition) is 7. The lowest BCUT2D eigenvalue weighted by molar-refractivity contribution is -0.136. The van der Waals surface area contributed by atoms with Crippen molar-refractivity contribution >= 4 is 42.5 Å². The zero-order valence-corrected chi connectivity index (χ0v) is 25.4. The highest BCUT2D eigenvalue weighted by Gasteiger charge is 2.67. The van der Waals surface area contributed by atoms with Crippen LogP contribution in [0, 0.1) is 5.92 Å². The summed E-state index contributed by atoms with van der Waals surface area (Å²) in [6.07, 6.45) is -1.37. The van der Waals surface area contributed by atoms with E-state index in [2.05, 4.69) is 24.8 Å². The first kappa shape index (κ1) is 32.0. The first-order chi connectivity index (χ1) is 21.7. The Morgan fingerprint density at radius 3 is 2.65 bits per heavy atom. The first-order valence-electron chi connectivity index (χ1n) is 14.0. The first-order valence-corrected chi connectivity index (χ1v) is 15.5. The van der Waals surface area contributed by atoms with Crippen LogP contribution in [0.1, 0.15) is 19.6 Å². The van der Waals surface area contributed by atoms with Gasteiger partial charge in [-0.05, 0) is 6.92 Å². The Morgan fingerprint density at radius 1 is 1.24 bits per heavy atom. The van der Waals surface area contributed by atoms with Crippen LogP contribution in [0.25, 0.3) is 11.2 Å². The van der Waals surface area contributed by atoms with E-state index in [4.69, 9.17) is 41.2 Å². The van der Waals surface area contributed by atoms with Gasteiger partial charge in [-0.2, -0.15) is 0 Å². The molecule has 0 saturated carbocycles. The van der Waals surface area contributed by atoms with E-state index in [0.29, 0.717) is 0 Å². The number of carbonyl (C=O) groups is 3. The van der Waals surface area contributed by atoms with Crippen LogP contribution >= 0.6 is 7.82 Å². The molecule has 3 aliphatic heterocycles. The standard InChI is InChI=1S/C25H32N9O11P/c1-9-16(27)20(37)15-10(5-43-24(28)38)25(42-2)21(11(26)4-34(25)18(15)19(9)36)32-22-17-23(30-7-29-22)33(8-31-17)14-3-12(35)13(45-14)6-44-46(39,40)41/h7-8,10-14,21,35H,3-6,26-27H2,1-2H3,(H2,28,38)(H,29,30,32)(H2,39,40,41)/t10-,11+,12-,13+,14+,21-,25-/m0/s1.